The number of aryl methyl sites for hydroxylation is 2. The van der Waals surface area contributed by atoms with Gasteiger partial charge in [-0.1, -0.05) is 12.1 Å². The zero-order chi connectivity index (χ0) is 13.4. The topological polar surface area (TPSA) is 55.0 Å². The molecule has 4 nitrogen and oxygen atoms in total. The molecule has 19 heavy (non-hydrogen) atoms. The van der Waals surface area contributed by atoms with Gasteiger partial charge in [0.2, 0.25) is 0 Å². The van der Waals surface area contributed by atoms with Gasteiger partial charge in [0, 0.05) is 30.8 Å². The van der Waals surface area contributed by atoms with Crippen molar-refractivity contribution >= 4 is 11.5 Å². The van der Waals surface area contributed by atoms with Crippen LogP contribution in [0.15, 0.2) is 24.3 Å². The maximum atomic E-state index is 6.03. The molecule has 0 unspecified atom stereocenters. The SMILES string of the molecule is Cc1cccc(N2CCc3nc(C)nc(N)c3C2)c1. The first kappa shape index (κ1) is 12.0. The van der Waals surface area contributed by atoms with Crippen molar-refractivity contribution in [2.24, 2.45) is 0 Å². The molecule has 0 bridgehead atoms. The highest BCUT2D eigenvalue weighted by atomic mass is 15.1. The fourth-order valence-electron chi connectivity index (χ4n) is 2.61. The van der Waals surface area contributed by atoms with Crippen molar-refractivity contribution in [2.75, 3.05) is 17.2 Å². The third-order valence-corrected chi connectivity index (χ3v) is 3.57. The first-order valence-corrected chi connectivity index (χ1v) is 6.57. The quantitative estimate of drug-likeness (QED) is 0.848. The molecule has 1 aliphatic rings. The van der Waals surface area contributed by atoms with Gasteiger partial charge in [-0.25, -0.2) is 9.97 Å². The molecular weight excluding hydrogens is 236 g/mol. The number of nitrogens with two attached hydrogens (primary N) is 1. The Balaban J connectivity index is 1.94. The molecule has 3 rings (SSSR count). The highest BCUT2D eigenvalue weighted by Crippen LogP contribution is 2.26. The van der Waals surface area contributed by atoms with Crippen LogP contribution in [0.3, 0.4) is 0 Å². The minimum absolute atomic E-state index is 0.625. The van der Waals surface area contributed by atoms with Crippen LogP contribution in [0.1, 0.15) is 22.6 Å². The van der Waals surface area contributed by atoms with E-state index in [9.17, 15) is 0 Å². The first-order chi connectivity index (χ1) is 9.13. The van der Waals surface area contributed by atoms with Gasteiger partial charge in [0.25, 0.3) is 0 Å². The van der Waals surface area contributed by atoms with Crippen LogP contribution in [0, 0.1) is 13.8 Å². The second-order valence-electron chi connectivity index (χ2n) is 5.09. The Morgan fingerprint density at radius 2 is 2.05 bits per heavy atom. The average Bonchev–Trinajstić information content (AvgIpc) is 2.38. The van der Waals surface area contributed by atoms with E-state index in [1.165, 1.54) is 11.3 Å². The van der Waals surface area contributed by atoms with Crippen LogP contribution < -0.4 is 10.6 Å². The minimum Gasteiger partial charge on any atom is -0.383 e. The van der Waals surface area contributed by atoms with Crippen molar-refractivity contribution in [2.45, 2.75) is 26.8 Å². The molecule has 1 aliphatic heterocycles. The summed E-state index contributed by atoms with van der Waals surface area (Å²) in [4.78, 5) is 11.1. The molecule has 0 radical (unpaired) electrons. The maximum absolute atomic E-state index is 6.03. The highest BCUT2D eigenvalue weighted by molar-refractivity contribution is 5.54. The molecule has 0 spiro atoms. The molecule has 1 aromatic heterocycles. The molecule has 2 N–H and O–H groups in total. The summed E-state index contributed by atoms with van der Waals surface area (Å²) in [6.45, 7) is 5.78. The Bertz CT molecular complexity index is 622. The van der Waals surface area contributed by atoms with Gasteiger partial charge in [0.05, 0.1) is 5.69 Å². The van der Waals surface area contributed by atoms with Gasteiger partial charge < -0.3 is 10.6 Å². The van der Waals surface area contributed by atoms with E-state index in [-0.39, 0.29) is 0 Å². The number of fused-ring (bicyclic) bond motifs is 1. The van der Waals surface area contributed by atoms with Crippen molar-refractivity contribution in [3.05, 3.63) is 46.9 Å². The number of nitrogen functional groups attached to an aromatic ring is 1. The number of benzene rings is 1. The number of aromatic nitrogens is 2. The highest BCUT2D eigenvalue weighted by Gasteiger charge is 2.21. The molecule has 2 aromatic rings. The van der Waals surface area contributed by atoms with E-state index >= 15 is 0 Å². The van der Waals surface area contributed by atoms with Gasteiger partial charge in [0.1, 0.15) is 11.6 Å². The summed E-state index contributed by atoms with van der Waals surface area (Å²) in [5.41, 5.74) is 10.7. The van der Waals surface area contributed by atoms with Crippen LogP contribution in [0.5, 0.6) is 0 Å². The summed E-state index contributed by atoms with van der Waals surface area (Å²) in [5, 5.41) is 0. The smallest absolute Gasteiger partial charge is 0.132 e. The lowest BCUT2D eigenvalue weighted by Gasteiger charge is -2.30. The van der Waals surface area contributed by atoms with E-state index < -0.39 is 0 Å². The van der Waals surface area contributed by atoms with Crippen molar-refractivity contribution in [1.29, 1.82) is 0 Å². The summed E-state index contributed by atoms with van der Waals surface area (Å²) in [5.74, 6) is 1.39. The van der Waals surface area contributed by atoms with Crippen molar-refractivity contribution < 1.29 is 0 Å². The zero-order valence-electron chi connectivity index (χ0n) is 11.3. The fourth-order valence-corrected chi connectivity index (χ4v) is 2.61. The second kappa shape index (κ2) is 4.53. The van der Waals surface area contributed by atoms with Gasteiger partial charge >= 0.3 is 0 Å². The molecular formula is C15H18N4. The average molecular weight is 254 g/mol. The standard InChI is InChI=1S/C15H18N4/c1-10-4-3-5-12(8-10)19-7-6-14-13(9-19)15(16)18-11(2)17-14/h3-5,8H,6-7,9H2,1-2H3,(H2,16,17,18). The monoisotopic (exact) mass is 254 g/mol. The third kappa shape index (κ3) is 2.26. The predicted molar refractivity (Wildman–Crippen MR) is 77.1 cm³/mol. The van der Waals surface area contributed by atoms with Crippen LogP contribution in [0.2, 0.25) is 0 Å². The van der Waals surface area contributed by atoms with Crippen molar-refractivity contribution in [1.82, 2.24) is 9.97 Å². The summed E-state index contributed by atoms with van der Waals surface area (Å²) in [6, 6.07) is 8.55. The van der Waals surface area contributed by atoms with Gasteiger partial charge in [0.15, 0.2) is 0 Å². The van der Waals surface area contributed by atoms with Crippen molar-refractivity contribution in [3.63, 3.8) is 0 Å². The molecule has 0 aliphatic carbocycles. The Morgan fingerprint density at radius 3 is 2.84 bits per heavy atom. The number of nitrogens with zero attached hydrogens (tertiary/aromatic N) is 3. The zero-order valence-corrected chi connectivity index (χ0v) is 11.3. The van der Waals surface area contributed by atoms with E-state index in [4.69, 9.17) is 5.73 Å². The van der Waals surface area contributed by atoms with Gasteiger partial charge in [-0.3, -0.25) is 0 Å². The Hall–Kier alpha value is -2.10. The number of hydrogen-bond donors (Lipinski definition) is 1. The van der Waals surface area contributed by atoms with Crippen LogP contribution >= 0.6 is 0 Å². The van der Waals surface area contributed by atoms with E-state index in [1.807, 2.05) is 6.92 Å². The van der Waals surface area contributed by atoms with E-state index in [0.29, 0.717) is 5.82 Å². The van der Waals surface area contributed by atoms with Crippen LogP contribution in [-0.4, -0.2) is 16.5 Å². The molecule has 0 atom stereocenters. The van der Waals surface area contributed by atoms with Crippen LogP contribution in [0.25, 0.3) is 0 Å². The predicted octanol–water partition coefficient (Wildman–Crippen LogP) is 2.24. The molecule has 4 heteroatoms. The summed E-state index contributed by atoms with van der Waals surface area (Å²) in [7, 11) is 0. The van der Waals surface area contributed by atoms with Crippen LogP contribution in [-0.2, 0) is 13.0 Å². The number of rotatable bonds is 1. The van der Waals surface area contributed by atoms with E-state index in [1.54, 1.807) is 0 Å². The number of anilines is 2. The lowest BCUT2D eigenvalue weighted by molar-refractivity contribution is 0.703. The van der Waals surface area contributed by atoms with Gasteiger partial charge in [-0.15, -0.1) is 0 Å². The fraction of sp³-hybridized carbons (Fsp3) is 0.333. The first-order valence-electron chi connectivity index (χ1n) is 6.57. The molecule has 98 valence electrons. The molecule has 0 amide bonds. The Kier molecular flexibility index (Phi) is 2.85. The summed E-state index contributed by atoms with van der Waals surface area (Å²) < 4.78 is 0. The van der Waals surface area contributed by atoms with E-state index in [0.717, 1.165) is 36.6 Å². The summed E-state index contributed by atoms with van der Waals surface area (Å²) in [6.07, 6.45) is 0.927. The molecule has 0 fully saturated rings. The molecule has 0 saturated carbocycles. The molecule has 1 aromatic carbocycles. The van der Waals surface area contributed by atoms with Gasteiger partial charge in [-0.2, -0.15) is 0 Å². The van der Waals surface area contributed by atoms with E-state index in [2.05, 4.69) is 46.1 Å². The van der Waals surface area contributed by atoms with Crippen molar-refractivity contribution in [3.8, 4) is 0 Å². The largest absolute Gasteiger partial charge is 0.383 e. The number of hydrogen-bond acceptors (Lipinski definition) is 4. The minimum atomic E-state index is 0.625. The molecule has 0 saturated heterocycles. The lowest BCUT2D eigenvalue weighted by atomic mass is 10.0. The molecule has 2 heterocycles. The maximum Gasteiger partial charge on any atom is 0.132 e. The second-order valence-corrected chi connectivity index (χ2v) is 5.09. The Morgan fingerprint density at radius 1 is 1.21 bits per heavy atom. The third-order valence-electron chi connectivity index (χ3n) is 3.57. The Labute approximate surface area is 113 Å². The van der Waals surface area contributed by atoms with Crippen LogP contribution in [0.4, 0.5) is 11.5 Å². The normalized spacial score (nSPS) is 14.3. The van der Waals surface area contributed by atoms with Gasteiger partial charge in [-0.05, 0) is 31.5 Å². The lowest BCUT2D eigenvalue weighted by Crippen LogP contribution is -2.32. The summed E-state index contributed by atoms with van der Waals surface area (Å²) >= 11 is 0.